The third-order valence-corrected chi connectivity index (χ3v) is 4.66. The Balaban J connectivity index is 1.74. The largest absolute Gasteiger partial charge is 0.372 e. The molecular formula is C19H17ClF2N2O3. The molecule has 0 saturated carbocycles. The maximum Gasteiger partial charge on any atom is 0.268 e. The standard InChI is InChI=1S/C19H17ClF2N2O3/c1-11-2-3-16(15(22)6-11)24-5-4-19(27,18(24)26)17(25)23-10-12-7-13(20)9-14(21)8-12/h2-3,6-9,27H,4-5,10H2,1H3,(H,23,25). The van der Waals surface area contributed by atoms with E-state index in [9.17, 15) is 23.5 Å². The molecule has 2 N–H and O–H groups in total. The number of hydrogen-bond donors (Lipinski definition) is 2. The zero-order valence-electron chi connectivity index (χ0n) is 14.4. The van der Waals surface area contributed by atoms with Crippen molar-refractivity contribution in [3.05, 3.63) is 64.2 Å². The summed E-state index contributed by atoms with van der Waals surface area (Å²) in [7, 11) is 0. The van der Waals surface area contributed by atoms with E-state index in [1.807, 2.05) is 0 Å². The molecule has 1 aliphatic heterocycles. The summed E-state index contributed by atoms with van der Waals surface area (Å²) < 4.78 is 27.5. The molecule has 2 aromatic rings. The summed E-state index contributed by atoms with van der Waals surface area (Å²) in [6, 6.07) is 8.10. The summed E-state index contributed by atoms with van der Waals surface area (Å²) in [6.07, 6.45) is -0.186. The number of amides is 2. The molecule has 142 valence electrons. The van der Waals surface area contributed by atoms with Gasteiger partial charge in [-0.2, -0.15) is 0 Å². The van der Waals surface area contributed by atoms with Gasteiger partial charge in [0, 0.05) is 24.5 Å². The minimum absolute atomic E-state index is 0.00543. The Hall–Kier alpha value is -2.51. The van der Waals surface area contributed by atoms with Crippen LogP contribution in [-0.2, 0) is 16.1 Å². The van der Waals surface area contributed by atoms with Crippen LogP contribution in [0.2, 0.25) is 5.02 Å². The van der Waals surface area contributed by atoms with Gasteiger partial charge in [0.2, 0.25) is 5.60 Å². The topological polar surface area (TPSA) is 69.6 Å². The maximum absolute atomic E-state index is 14.1. The fourth-order valence-electron chi connectivity index (χ4n) is 3.02. The quantitative estimate of drug-likeness (QED) is 0.783. The van der Waals surface area contributed by atoms with Crippen LogP contribution in [-0.4, -0.2) is 29.1 Å². The van der Waals surface area contributed by atoms with E-state index < -0.39 is 29.0 Å². The SMILES string of the molecule is Cc1ccc(N2CCC(O)(C(=O)NCc3cc(F)cc(Cl)c3)C2=O)c(F)c1. The van der Waals surface area contributed by atoms with Crippen molar-refractivity contribution >= 4 is 29.1 Å². The lowest BCUT2D eigenvalue weighted by molar-refractivity contribution is -0.149. The molecule has 0 aromatic heterocycles. The molecule has 1 unspecified atom stereocenters. The van der Waals surface area contributed by atoms with Crippen molar-refractivity contribution in [2.45, 2.75) is 25.5 Å². The van der Waals surface area contributed by atoms with Crippen molar-refractivity contribution in [2.75, 3.05) is 11.4 Å². The Labute approximate surface area is 159 Å². The number of aliphatic hydroxyl groups is 1. The predicted octanol–water partition coefficient (Wildman–Crippen LogP) is 2.71. The molecule has 0 spiro atoms. The van der Waals surface area contributed by atoms with Gasteiger partial charge in [0.25, 0.3) is 11.8 Å². The Kier molecular flexibility index (Phi) is 5.17. The first-order valence-corrected chi connectivity index (χ1v) is 8.62. The molecule has 8 heteroatoms. The first-order valence-electron chi connectivity index (χ1n) is 8.24. The van der Waals surface area contributed by atoms with Gasteiger partial charge in [-0.25, -0.2) is 8.78 Å². The van der Waals surface area contributed by atoms with Crippen LogP contribution >= 0.6 is 11.6 Å². The van der Waals surface area contributed by atoms with E-state index in [-0.39, 0.29) is 30.2 Å². The molecule has 1 heterocycles. The molecule has 0 bridgehead atoms. The van der Waals surface area contributed by atoms with E-state index >= 15 is 0 Å². The van der Waals surface area contributed by atoms with Crippen molar-refractivity contribution in [2.24, 2.45) is 0 Å². The normalized spacial score (nSPS) is 19.4. The second-order valence-electron chi connectivity index (χ2n) is 6.48. The average Bonchev–Trinajstić information content (AvgIpc) is 2.89. The Morgan fingerprint density at radius 3 is 2.70 bits per heavy atom. The molecule has 1 atom stereocenters. The van der Waals surface area contributed by atoms with Crippen LogP contribution in [0.15, 0.2) is 36.4 Å². The molecule has 0 radical (unpaired) electrons. The number of hydrogen-bond acceptors (Lipinski definition) is 3. The lowest BCUT2D eigenvalue weighted by atomic mass is 10.0. The van der Waals surface area contributed by atoms with Crippen molar-refractivity contribution in [1.82, 2.24) is 5.32 Å². The van der Waals surface area contributed by atoms with Gasteiger partial charge >= 0.3 is 0 Å². The molecule has 1 fully saturated rings. The maximum atomic E-state index is 14.1. The highest BCUT2D eigenvalue weighted by Gasteiger charge is 2.52. The summed E-state index contributed by atoms with van der Waals surface area (Å²) in [5, 5.41) is 13.1. The van der Waals surface area contributed by atoms with Crippen molar-refractivity contribution in [1.29, 1.82) is 0 Å². The van der Waals surface area contributed by atoms with E-state index in [0.29, 0.717) is 11.1 Å². The van der Waals surface area contributed by atoms with Gasteiger partial charge in [-0.15, -0.1) is 0 Å². The summed E-state index contributed by atoms with van der Waals surface area (Å²) in [5.41, 5.74) is -1.24. The lowest BCUT2D eigenvalue weighted by Crippen LogP contribution is -2.52. The second kappa shape index (κ2) is 7.25. The van der Waals surface area contributed by atoms with Crippen LogP contribution in [0.5, 0.6) is 0 Å². The summed E-state index contributed by atoms with van der Waals surface area (Å²) >= 11 is 5.76. The molecule has 2 aromatic carbocycles. The van der Waals surface area contributed by atoms with Crippen molar-refractivity contribution in [3.63, 3.8) is 0 Å². The number of carbonyl (C=O) groups excluding carboxylic acids is 2. The summed E-state index contributed by atoms with van der Waals surface area (Å²) in [5.74, 6) is -3.01. The van der Waals surface area contributed by atoms with Crippen LogP contribution in [0.1, 0.15) is 17.5 Å². The van der Waals surface area contributed by atoms with E-state index in [4.69, 9.17) is 11.6 Å². The second-order valence-corrected chi connectivity index (χ2v) is 6.92. The smallest absolute Gasteiger partial charge is 0.268 e. The van der Waals surface area contributed by atoms with Gasteiger partial charge in [-0.3, -0.25) is 9.59 Å². The third-order valence-electron chi connectivity index (χ3n) is 4.44. The fraction of sp³-hybridized carbons (Fsp3) is 0.263. The number of nitrogens with zero attached hydrogens (tertiary/aromatic N) is 1. The van der Waals surface area contributed by atoms with E-state index in [1.165, 1.54) is 24.3 Å². The van der Waals surface area contributed by atoms with Gasteiger partial charge in [0.1, 0.15) is 11.6 Å². The summed E-state index contributed by atoms with van der Waals surface area (Å²) in [6.45, 7) is 1.58. The molecule has 5 nitrogen and oxygen atoms in total. The number of halogens is 3. The molecule has 2 amide bonds. The van der Waals surface area contributed by atoms with E-state index in [2.05, 4.69) is 5.32 Å². The average molecular weight is 395 g/mol. The minimum atomic E-state index is -2.31. The third kappa shape index (κ3) is 3.79. The van der Waals surface area contributed by atoms with Crippen LogP contribution in [0, 0.1) is 18.6 Å². The number of benzene rings is 2. The molecule has 3 rings (SSSR count). The molecular weight excluding hydrogens is 378 g/mol. The number of nitrogens with one attached hydrogen (secondary N) is 1. The van der Waals surface area contributed by atoms with Gasteiger partial charge in [0.15, 0.2) is 0 Å². The first kappa shape index (κ1) is 19.3. The van der Waals surface area contributed by atoms with Crippen LogP contribution in [0.3, 0.4) is 0 Å². The molecule has 27 heavy (non-hydrogen) atoms. The zero-order chi connectivity index (χ0) is 19.8. The Bertz CT molecular complexity index is 902. The van der Waals surface area contributed by atoms with Crippen LogP contribution < -0.4 is 10.2 Å². The zero-order valence-corrected chi connectivity index (χ0v) is 15.2. The van der Waals surface area contributed by atoms with E-state index in [1.54, 1.807) is 13.0 Å². The highest BCUT2D eigenvalue weighted by Crippen LogP contribution is 2.31. The van der Waals surface area contributed by atoms with Crippen molar-refractivity contribution < 1.29 is 23.5 Å². The highest BCUT2D eigenvalue weighted by molar-refractivity contribution is 6.30. The number of carbonyl (C=O) groups is 2. The first-order chi connectivity index (χ1) is 12.7. The van der Waals surface area contributed by atoms with Crippen LogP contribution in [0.25, 0.3) is 0 Å². The molecule has 0 aliphatic carbocycles. The number of rotatable bonds is 4. The number of aryl methyl sites for hydroxylation is 1. The van der Waals surface area contributed by atoms with Gasteiger partial charge in [-0.1, -0.05) is 17.7 Å². The number of anilines is 1. The van der Waals surface area contributed by atoms with Gasteiger partial charge in [0.05, 0.1) is 5.69 Å². The minimum Gasteiger partial charge on any atom is -0.372 e. The summed E-state index contributed by atoms with van der Waals surface area (Å²) in [4.78, 5) is 26.0. The van der Waals surface area contributed by atoms with Crippen molar-refractivity contribution in [3.8, 4) is 0 Å². The fourth-order valence-corrected chi connectivity index (χ4v) is 3.26. The predicted molar refractivity (Wildman–Crippen MR) is 96.3 cm³/mol. The van der Waals surface area contributed by atoms with Crippen LogP contribution in [0.4, 0.5) is 14.5 Å². The molecule has 1 saturated heterocycles. The Morgan fingerprint density at radius 1 is 1.30 bits per heavy atom. The lowest BCUT2D eigenvalue weighted by Gasteiger charge is -2.22. The molecule has 1 aliphatic rings. The highest BCUT2D eigenvalue weighted by atomic mass is 35.5. The van der Waals surface area contributed by atoms with Gasteiger partial charge < -0.3 is 15.3 Å². The Morgan fingerprint density at radius 2 is 2.04 bits per heavy atom. The van der Waals surface area contributed by atoms with Gasteiger partial charge in [-0.05, 0) is 48.4 Å². The van der Waals surface area contributed by atoms with E-state index in [0.717, 1.165) is 11.0 Å². The monoisotopic (exact) mass is 394 g/mol.